The maximum Gasteiger partial charge on any atom is 0.0347 e. The quantitative estimate of drug-likeness (QED) is 0.812. The third-order valence-electron chi connectivity index (χ3n) is 3.16. The number of rotatable bonds is 3. The second-order valence-electron chi connectivity index (χ2n) is 4.78. The van der Waals surface area contributed by atoms with Crippen molar-refractivity contribution in [3.05, 3.63) is 23.5 Å². The third-order valence-corrected chi connectivity index (χ3v) is 3.16. The molecule has 1 atom stereocenters. The SMILES string of the molecule is CN(C)CCn1cc2c(c1)C(N)CCC2. The summed E-state index contributed by atoms with van der Waals surface area (Å²) < 4.78 is 2.29. The van der Waals surface area contributed by atoms with Gasteiger partial charge in [-0.25, -0.2) is 0 Å². The van der Waals surface area contributed by atoms with Gasteiger partial charge < -0.3 is 15.2 Å². The number of hydrogen-bond acceptors (Lipinski definition) is 2. The molecule has 1 aliphatic rings. The summed E-state index contributed by atoms with van der Waals surface area (Å²) in [5.74, 6) is 0. The molecule has 2 N–H and O–H groups in total. The Hall–Kier alpha value is -0.800. The van der Waals surface area contributed by atoms with Crippen molar-refractivity contribution in [2.24, 2.45) is 5.73 Å². The van der Waals surface area contributed by atoms with Crippen molar-refractivity contribution in [2.75, 3.05) is 20.6 Å². The summed E-state index contributed by atoms with van der Waals surface area (Å²) >= 11 is 0. The topological polar surface area (TPSA) is 34.2 Å². The monoisotopic (exact) mass is 207 g/mol. The van der Waals surface area contributed by atoms with Gasteiger partial charge in [-0.15, -0.1) is 0 Å². The lowest BCUT2D eigenvalue weighted by atomic mass is 9.92. The first-order chi connectivity index (χ1) is 7.16. The number of nitrogens with zero attached hydrogens (tertiary/aromatic N) is 2. The van der Waals surface area contributed by atoms with E-state index in [9.17, 15) is 0 Å². The van der Waals surface area contributed by atoms with Gasteiger partial charge in [0.2, 0.25) is 0 Å². The van der Waals surface area contributed by atoms with Crippen molar-refractivity contribution in [3.8, 4) is 0 Å². The number of likely N-dealkylation sites (N-methyl/N-ethyl adjacent to an activating group) is 1. The Morgan fingerprint density at radius 3 is 2.93 bits per heavy atom. The Bertz CT molecular complexity index is 328. The highest BCUT2D eigenvalue weighted by molar-refractivity contribution is 5.29. The molecule has 0 radical (unpaired) electrons. The molecule has 3 nitrogen and oxygen atoms in total. The van der Waals surface area contributed by atoms with Crippen LogP contribution in [-0.4, -0.2) is 30.1 Å². The molecule has 2 rings (SSSR count). The molecule has 1 aromatic heterocycles. The van der Waals surface area contributed by atoms with Crippen LogP contribution < -0.4 is 5.73 Å². The summed E-state index contributed by atoms with van der Waals surface area (Å²) in [4.78, 5) is 2.21. The van der Waals surface area contributed by atoms with Gasteiger partial charge in [0.15, 0.2) is 0 Å². The minimum atomic E-state index is 0.273. The van der Waals surface area contributed by atoms with E-state index in [-0.39, 0.29) is 6.04 Å². The average molecular weight is 207 g/mol. The van der Waals surface area contributed by atoms with E-state index in [1.807, 2.05) is 0 Å². The first-order valence-electron chi connectivity index (χ1n) is 5.75. The Labute approximate surface area is 91.9 Å². The van der Waals surface area contributed by atoms with E-state index in [4.69, 9.17) is 5.73 Å². The molecule has 15 heavy (non-hydrogen) atoms. The number of aromatic nitrogens is 1. The lowest BCUT2D eigenvalue weighted by molar-refractivity contribution is 0.384. The van der Waals surface area contributed by atoms with Gasteiger partial charge in [0.05, 0.1) is 0 Å². The van der Waals surface area contributed by atoms with Crippen LogP contribution >= 0.6 is 0 Å². The van der Waals surface area contributed by atoms with Crippen molar-refractivity contribution in [3.63, 3.8) is 0 Å². The summed E-state index contributed by atoms with van der Waals surface area (Å²) in [5, 5.41) is 0. The molecule has 0 saturated carbocycles. The highest BCUT2D eigenvalue weighted by Gasteiger charge is 2.18. The molecule has 1 aliphatic carbocycles. The Morgan fingerprint density at radius 2 is 2.27 bits per heavy atom. The summed E-state index contributed by atoms with van der Waals surface area (Å²) in [5.41, 5.74) is 8.93. The van der Waals surface area contributed by atoms with Crippen molar-refractivity contribution in [1.29, 1.82) is 0 Å². The summed E-state index contributed by atoms with van der Waals surface area (Å²) in [6.45, 7) is 2.15. The van der Waals surface area contributed by atoms with E-state index < -0.39 is 0 Å². The van der Waals surface area contributed by atoms with Crippen LogP contribution in [0.5, 0.6) is 0 Å². The predicted molar refractivity (Wildman–Crippen MR) is 62.9 cm³/mol. The van der Waals surface area contributed by atoms with Crippen LogP contribution in [0.4, 0.5) is 0 Å². The molecule has 0 aromatic carbocycles. The lowest BCUT2D eigenvalue weighted by Gasteiger charge is -2.17. The van der Waals surface area contributed by atoms with Crippen LogP contribution in [0.15, 0.2) is 12.4 Å². The van der Waals surface area contributed by atoms with E-state index >= 15 is 0 Å². The van der Waals surface area contributed by atoms with Crippen LogP contribution in [0.25, 0.3) is 0 Å². The second kappa shape index (κ2) is 4.37. The van der Waals surface area contributed by atoms with Crippen LogP contribution in [0.3, 0.4) is 0 Å². The Balaban J connectivity index is 2.08. The zero-order valence-electron chi connectivity index (χ0n) is 9.74. The van der Waals surface area contributed by atoms with Gasteiger partial charge in [-0.2, -0.15) is 0 Å². The highest BCUT2D eigenvalue weighted by atomic mass is 15.1. The van der Waals surface area contributed by atoms with Gasteiger partial charge >= 0.3 is 0 Å². The molecule has 1 aromatic rings. The highest BCUT2D eigenvalue weighted by Crippen LogP contribution is 2.28. The van der Waals surface area contributed by atoms with Crippen LogP contribution in [0.2, 0.25) is 0 Å². The van der Waals surface area contributed by atoms with E-state index in [0.717, 1.165) is 19.5 Å². The van der Waals surface area contributed by atoms with Crippen molar-refractivity contribution >= 4 is 0 Å². The fourth-order valence-electron chi connectivity index (χ4n) is 2.23. The number of aryl methyl sites for hydroxylation is 1. The standard InChI is InChI=1S/C12H21N3/c1-14(2)6-7-15-8-10-4-3-5-12(13)11(10)9-15/h8-9,12H,3-7,13H2,1-2H3. The fourth-order valence-corrected chi connectivity index (χ4v) is 2.23. The third kappa shape index (κ3) is 2.41. The van der Waals surface area contributed by atoms with Gasteiger partial charge in [-0.1, -0.05) is 0 Å². The molecule has 1 unspecified atom stereocenters. The van der Waals surface area contributed by atoms with Crippen LogP contribution in [-0.2, 0) is 13.0 Å². The molecule has 84 valence electrons. The molecule has 0 fully saturated rings. The van der Waals surface area contributed by atoms with Crippen molar-refractivity contribution < 1.29 is 0 Å². The molecule has 0 aliphatic heterocycles. The van der Waals surface area contributed by atoms with E-state index in [0.29, 0.717) is 0 Å². The first kappa shape index (κ1) is 10.7. The van der Waals surface area contributed by atoms with Crippen LogP contribution in [0.1, 0.15) is 30.0 Å². The fraction of sp³-hybridized carbons (Fsp3) is 0.667. The number of hydrogen-bond donors (Lipinski definition) is 1. The summed E-state index contributed by atoms with van der Waals surface area (Å²) in [6, 6.07) is 0.273. The second-order valence-corrected chi connectivity index (χ2v) is 4.78. The predicted octanol–water partition coefficient (Wildman–Crippen LogP) is 1.39. The van der Waals surface area contributed by atoms with Crippen molar-refractivity contribution in [1.82, 2.24) is 9.47 Å². The Kier molecular flexibility index (Phi) is 3.12. The normalized spacial score (nSPS) is 20.7. The molecule has 1 heterocycles. The minimum absolute atomic E-state index is 0.273. The van der Waals surface area contributed by atoms with Gasteiger partial charge in [0, 0.05) is 31.5 Å². The zero-order valence-corrected chi connectivity index (χ0v) is 9.74. The maximum atomic E-state index is 6.09. The van der Waals surface area contributed by atoms with Gasteiger partial charge in [-0.05, 0) is 44.5 Å². The molecule has 3 heteroatoms. The molecule has 0 spiro atoms. The first-order valence-corrected chi connectivity index (χ1v) is 5.75. The Morgan fingerprint density at radius 1 is 1.47 bits per heavy atom. The molecule has 0 bridgehead atoms. The molecular weight excluding hydrogens is 186 g/mol. The van der Waals surface area contributed by atoms with Gasteiger partial charge in [-0.3, -0.25) is 0 Å². The molecule has 0 amide bonds. The van der Waals surface area contributed by atoms with Gasteiger partial charge in [0.1, 0.15) is 0 Å². The maximum absolute atomic E-state index is 6.09. The minimum Gasteiger partial charge on any atom is -0.352 e. The molecular formula is C12H21N3. The van der Waals surface area contributed by atoms with E-state index in [1.54, 1.807) is 0 Å². The van der Waals surface area contributed by atoms with E-state index in [1.165, 1.54) is 24.0 Å². The van der Waals surface area contributed by atoms with E-state index in [2.05, 4.69) is 36.0 Å². The summed E-state index contributed by atoms with van der Waals surface area (Å²) in [7, 11) is 4.21. The number of nitrogens with two attached hydrogens (primary N) is 1. The lowest BCUT2D eigenvalue weighted by Crippen LogP contribution is -2.17. The average Bonchev–Trinajstić information content (AvgIpc) is 2.59. The number of fused-ring (bicyclic) bond motifs is 1. The zero-order chi connectivity index (χ0) is 10.8. The largest absolute Gasteiger partial charge is 0.352 e. The van der Waals surface area contributed by atoms with Crippen molar-refractivity contribution in [2.45, 2.75) is 31.8 Å². The van der Waals surface area contributed by atoms with Gasteiger partial charge in [0.25, 0.3) is 0 Å². The summed E-state index contributed by atoms with van der Waals surface area (Å²) in [6.07, 6.45) is 8.11. The molecule has 0 saturated heterocycles. The van der Waals surface area contributed by atoms with Crippen LogP contribution in [0, 0.1) is 0 Å². The smallest absolute Gasteiger partial charge is 0.0347 e.